The van der Waals surface area contributed by atoms with Crippen LogP contribution in [0.25, 0.3) is 0 Å². The molecule has 2 aromatic rings. The summed E-state index contributed by atoms with van der Waals surface area (Å²) in [6, 6.07) is 1.70. The van der Waals surface area contributed by atoms with Crippen LogP contribution in [-0.4, -0.2) is 15.5 Å². The summed E-state index contributed by atoms with van der Waals surface area (Å²) in [5.41, 5.74) is 4.68. The van der Waals surface area contributed by atoms with Gasteiger partial charge in [0.05, 0.1) is 17.8 Å². The molecule has 0 radical (unpaired) electrons. The van der Waals surface area contributed by atoms with Crippen LogP contribution in [0, 0.1) is 11.6 Å². The average Bonchev–Trinajstić information content (AvgIpc) is 2.84. The van der Waals surface area contributed by atoms with Crippen molar-refractivity contribution in [2.24, 2.45) is 5.73 Å². The quantitative estimate of drug-likeness (QED) is 0.878. The highest BCUT2D eigenvalue weighted by molar-refractivity contribution is 5.94. The van der Waals surface area contributed by atoms with E-state index in [1.807, 2.05) is 11.5 Å². The van der Waals surface area contributed by atoms with E-state index in [0.29, 0.717) is 11.9 Å². The number of imidazole rings is 1. The molecule has 0 saturated heterocycles. The number of nitrogens with one attached hydrogen (secondary N) is 1. The Labute approximate surface area is 114 Å². The van der Waals surface area contributed by atoms with Crippen molar-refractivity contribution in [3.8, 4) is 0 Å². The molecule has 7 heteroatoms. The smallest absolute Gasteiger partial charge is 0.251 e. The molecule has 2 rings (SSSR count). The second kappa shape index (κ2) is 5.68. The largest absolute Gasteiger partial charge is 0.375 e. The number of carbonyl (C=O) groups is 1. The summed E-state index contributed by atoms with van der Waals surface area (Å²) in [5, 5.41) is 2.78. The molecular weight excluding hydrogens is 266 g/mol. The molecule has 5 nitrogen and oxygen atoms in total. The van der Waals surface area contributed by atoms with E-state index in [-0.39, 0.29) is 17.8 Å². The van der Waals surface area contributed by atoms with Gasteiger partial charge in [0.15, 0.2) is 0 Å². The zero-order valence-electron chi connectivity index (χ0n) is 10.9. The van der Waals surface area contributed by atoms with Crippen LogP contribution in [0.4, 0.5) is 14.5 Å². The Balaban J connectivity index is 2.21. The molecule has 0 aliphatic heterocycles. The Morgan fingerprint density at radius 2 is 2.15 bits per heavy atom. The highest BCUT2D eigenvalue weighted by atomic mass is 19.1. The van der Waals surface area contributed by atoms with Crippen molar-refractivity contribution in [1.82, 2.24) is 9.55 Å². The molecule has 1 heterocycles. The number of aryl methyl sites for hydroxylation is 1. The Morgan fingerprint density at radius 1 is 1.40 bits per heavy atom. The van der Waals surface area contributed by atoms with Crippen LogP contribution in [0.1, 0.15) is 23.1 Å². The number of benzene rings is 1. The summed E-state index contributed by atoms with van der Waals surface area (Å²) >= 11 is 0. The molecule has 20 heavy (non-hydrogen) atoms. The van der Waals surface area contributed by atoms with Gasteiger partial charge in [-0.15, -0.1) is 0 Å². The fraction of sp³-hybridized carbons (Fsp3) is 0.231. The van der Waals surface area contributed by atoms with E-state index in [2.05, 4.69) is 10.3 Å². The summed E-state index contributed by atoms with van der Waals surface area (Å²) in [7, 11) is 0. The lowest BCUT2D eigenvalue weighted by Gasteiger charge is -2.10. The van der Waals surface area contributed by atoms with Crippen LogP contribution in [0.15, 0.2) is 24.5 Å². The number of rotatable bonds is 5. The molecule has 0 aliphatic rings. The van der Waals surface area contributed by atoms with Gasteiger partial charge in [0.2, 0.25) is 0 Å². The Kier molecular flexibility index (Phi) is 3.97. The van der Waals surface area contributed by atoms with Gasteiger partial charge in [-0.3, -0.25) is 4.79 Å². The number of nitrogens with zero attached hydrogens (tertiary/aromatic N) is 2. The van der Waals surface area contributed by atoms with Crippen LogP contribution in [0.3, 0.4) is 0 Å². The van der Waals surface area contributed by atoms with E-state index in [9.17, 15) is 13.6 Å². The van der Waals surface area contributed by atoms with Gasteiger partial charge in [0, 0.05) is 25.0 Å². The number of aromatic nitrogens is 2. The maximum Gasteiger partial charge on any atom is 0.251 e. The molecule has 0 bridgehead atoms. The van der Waals surface area contributed by atoms with Gasteiger partial charge in [-0.05, 0) is 13.0 Å². The zero-order chi connectivity index (χ0) is 14.7. The summed E-state index contributed by atoms with van der Waals surface area (Å²) in [6.07, 6.45) is 3.43. The molecule has 1 aromatic carbocycles. The lowest BCUT2D eigenvalue weighted by Crippen LogP contribution is -2.15. The summed E-state index contributed by atoms with van der Waals surface area (Å²) < 4.78 is 28.8. The number of primary amides is 1. The first kappa shape index (κ1) is 14.0. The molecule has 1 amide bonds. The van der Waals surface area contributed by atoms with Gasteiger partial charge >= 0.3 is 0 Å². The fourth-order valence-electron chi connectivity index (χ4n) is 1.84. The number of hydrogen-bond donors (Lipinski definition) is 2. The molecule has 0 atom stereocenters. The number of hydrogen-bond acceptors (Lipinski definition) is 3. The van der Waals surface area contributed by atoms with E-state index in [4.69, 9.17) is 5.73 Å². The normalized spacial score (nSPS) is 10.6. The molecule has 0 saturated carbocycles. The number of anilines is 1. The third kappa shape index (κ3) is 2.76. The molecule has 3 N–H and O–H groups in total. The monoisotopic (exact) mass is 280 g/mol. The van der Waals surface area contributed by atoms with Gasteiger partial charge < -0.3 is 15.6 Å². The lowest BCUT2D eigenvalue weighted by atomic mass is 10.1. The predicted molar refractivity (Wildman–Crippen MR) is 70.1 cm³/mol. The van der Waals surface area contributed by atoms with Crippen molar-refractivity contribution in [3.05, 3.63) is 47.5 Å². The van der Waals surface area contributed by atoms with Crippen LogP contribution in [0.2, 0.25) is 0 Å². The molecule has 1 aromatic heterocycles. The zero-order valence-corrected chi connectivity index (χ0v) is 10.9. The van der Waals surface area contributed by atoms with Gasteiger partial charge in [-0.1, -0.05) is 0 Å². The SMILES string of the molecule is CCn1ccnc1CNc1cc(C(N)=O)c(F)cc1F. The Morgan fingerprint density at radius 3 is 2.80 bits per heavy atom. The maximum atomic E-state index is 13.6. The average molecular weight is 280 g/mol. The molecular formula is C13H14F2N4O. The van der Waals surface area contributed by atoms with Crippen molar-refractivity contribution in [3.63, 3.8) is 0 Å². The molecule has 0 unspecified atom stereocenters. The van der Waals surface area contributed by atoms with E-state index < -0.39 is 17.5 Å². The van der Waals surface area contributed by atoms with Crippen LogP contribution in [-0.2, 0) is 13.1 Å². The number of nitrogens with two attached hydrogens (primary N) is 1. The maximum absolute atomic E-state index is 13.6. The minimum Gasteiger partial charge on any atom is -0.375 e. The van der Waals surface area contributed by atoms with Gasteiger partial charge in [-0.25, -0.2) is 13.8 Å². The van der Waals surface area contributed by atoms with Crippen LogP contribution >= 0.6 is 0 Å². The first-order valence-electron chi connectivity index (χ1n) is 6.05. The summed E-state index contributed by atoms with van der Waals surface area (Å²) in [6.45, 7) is 2.94. The van der Waals surface area contributed by atoms with E-state index in [1.165, 1.54) is 0 Å². The van der Waals surface area contributed by atoms with Crippen molar-refractivity contribution in [2.45, 2.75) is 20.0 Å². The van der Waals surface area contributed by atoms with E-state index in [1.54, 1.807) is 12.4 Å². The first-order valence-corrected chi connectivity index (χ1v) is 6.05. The minimum absolute atomic E-state index is 0.00542. The van der Waals surface area contributed by atoms with E-state index in [0.717, 1.165) is 12.6 Å². The lowest BCUT2D eigenvalue weighted by molar-refractivity contribution is 0.0996. The summed E-state index contributed by atoms with van der Waals surface area (Å²) in [5.74, 6) is -2.00. The standard InChI is InChI=1S/C13H14F2N4O/c1-2-19-4-3-17-12(19)7-18-11-5-8(13(16)20)9(14)6-10(11)15/h3-6,18H,2,7H2,1H3,(H2,16,20). The first-order chi connectivity index (χ1) is 9.52. The highest BCUT2D eigenvalue weighted by Gasteiger charge is 2.14. The number of amides is 1. The molecule has 106 valence electrons. The van der Waals surface area contributed by atoms with Crippen molar-refractivity contribution in [2.75, 3.05) is 5.32 Å². The molecule has 0 fully saturated rings. The van der Waals surface area contributed by atoms with Gasteiger partial charge in [-0.2, -0.15) is 0 Å². The van der Waals surface area contributed by atoms with Crippen LogP contribution in [0.5, 0.6) is 0 Å². The second-order valence-corrected chi connectivity index (χ2v) is 4.16. The molecule has 0 aliphatic carbocycles. The number of halogens is 2. The third-order valence-corrected chi connectivity index (χ3v) is 2.90. The third-order valence-electron chi connectivity index (χ3n) is 2.90. The van der Waals surface area contributed by atoms with Crippen molar-refractivity contribution in [1.29, 1.82) is 0 Å². The Bertz CT molecular complexity index is 639. The van der Waals surface area contributed by atoms with Crippen molar-refractivity contribution >= 4 is 11.6 Å². The van der Waals surface area contributed by atoms with Gasteiger partial charge in [0.1, 0.15) is 17.5 Å². The molecule has 0 spiro atoms. The van der Waals surface area contributed by atoms with E-state index >= 15 is 0 Å². The van der Waals surface area contributed by atoms with Crippen molar-refractivity contribution < 1.29 is 13.6 Å². The fourth-order valence-corrected chi connectivity index (χ4v) is 1.84. The second-order valence-electron chi connectivity index (χ2n) is 4.16. The Hall–Kier alpha value is -2.44. The van der Waals surface area contributed by atoms with Crippen LogP contribution < -0.4 is 11.1 Å². The minimum atomic E-state index is -0.976. The number of carbonyl (C=O) groups excluding carboxylic acids is 1. The summed E-state index contributed by atoms with van der Waals surface area (Å²) in [4.78, 5) is 15.2. The highest BCUT2D eigenvalue weighted by Crippen LogP contribution is 2.20. The van der Waals surface area contributed by atoms with Gasteiger partial charge in [0.25, 0.3) is 5.91 Å². The topological polar surface area (TPSA) is 72.9 Å². The predicted octanol–water partition coefficient (Wildman–Crippen LogP) is 1.89.